The molecule has 0 unspecified atom stereocenters. The monoisotopic (exact) mass is 339 g/mol. The molecule has 0 saturated heterocycles. The van der Waals surface area contributed by atoms with Gasteiger partial charge in [-0.1, -0.05) is 12.5 Å². The molecule has 0 aromatic heterocycles. The third-order valence-electron chi connectivity index (χ3n) is 3.66. The van der Waals surface area contributed by atoms with Gasteiger partial charge in [-0.15, -0.1) is 0 Å². The third-order valence-corrected chi connectivity index (χ3v) is 4.28. The molecule has 0 amide bonds. The molecule has 2 rings (SSSR count). The van der Waals surface area contributed by atoms with E-state index in [2.05, 4.69) is 60.2 Å². The maximum atomic E-state index is 6.12. The van der Waals surface area contributed by atoms with Gasteiger partial charge in [-0.2, -0.15) is 0 Å². The van der Waals surface area contributed by atoms with Crippen LogP contribution in [0, 0.1) is 0 Å². The highest BCUT2D eigenvalue weighted by molar-refractivity contribution is 9.10. The molecule has 3 heteroatoms. The molecule has 1 aromatic carbocycles. The molecule has 0 heterocycles. The number of rotatable bonds is 4. The Labute approximate surface area is 131 Å². The minimum atomic E-state index is 0.143. The van der Waals surface area contributed by atoms with Crippen molar-refractivity contribution >= 4 is 15.9 Å². The van der Waals surface area contributed by atoms with Gasteiger partial charge in [0.25, 0.3) is 0 Å². The standard InChI is InChI=1S/C17H26BrNO/c1-17(2,3)19-12-13-9-10-16(15(18)11-13)20-14-7-5-4-6-8-14/h9-11,14,19H,4-8,12H2,1-3H3. The van der Waals surface area contributed by atoms with E-state index in [4.69, 9.17) is 4.74 Å². The van der Waals surface area contributed by atoms with E-state index in [1.807, 2.05) is 0 Å². The fraction of sp³-hybridized carbons (Fsp3) is 0.647. The zero-order chi connectivity index (χ0) is 14.6. The van der Waals surface area contributed by atoms with Crippen molar-refractivity contribution in [3.63, 3.8) is 0 Å². The molecular weight excluding hydrogens is 314 g/mol. The molecule has 0 bridgehead atoms. The molecule has 2 nitrogen and oxygen atoms in total. The van der Waals surface area contributed by atoms with Crippen LogP contribution in [0.25, 0.3) is 0 Å². The number of ether oxygens (including phenoxy) is 1. The van der Waals surface area contributed by atoms with Crippen LogP contribution in [0.3, 0.4) is 0 Å². The summed E-state index contributed by atoms with van der Waals surface area (Å²) in [5.74, 6) is 0.983. The lowest BCUT2D eigenvalue weighted by atomic mass is 9.98. The first kappa shape index (κ1) is 15.8. The van der Waals surface area contributed by atoms with E-state index in [1.165, 1.54) is 37.7 Å². The van der Waals surface area contributed by atoms with Crippen LogP contribution >= 0.6 is 15.9 Å². The predicted octanol–water partition coefficient (Wildman–Crippen LogP) is 5.05. The van der Waals surface area contributed by atoms with Gasteiger partial charge in [0, 0.05) is 12.1 Å². The van der Waals surface area contributed by atoms with Crippen LogP contribution in [0.4, 0.5) is 0 Å². The Hall–Kier alpha value is -0.540. The van der Waals surface area contributed by atoms with Crippen molar-refractivity contribution < 1.29 is 4.74 Å². The number of hydrogen-bond donors (Lipinski definition) is 1. The largest absolute Gasteiger partial charge is 0.489 e. The topological polar surface area (TPSA) is 21.3 Å². The lowest BCUT2D eigenvalue weighted by Crippen LogP contribution is -2.35. The summed E-state index contributed by atoms with van der Waals surface area (Å²) in [5.41, 5.74) is 1.42. The molecular formula is C17H26BrNO. The molecule has 1 saturated carbocycles. The van der Waals surface area contributed by atoms with E-state index >= 15 is 0 Å². The second kappa shape index (κ2) is 6.95. The Morgan fingerprint density at radius 3 is 2.50 bits per heavy atom. The maximum Gasteiger partial charge on any atom is 0.133 e. The lowest BCUT2D eigenvalue weighted by Gasteiger charge is -2.24. The average Bonchev–Trinajstić information content (AvgIpc) is 2.40. The van der Waals surface area contributed by atoms with E-state index < -0.39 is 0 Å². The van der Waals surface area contributed by atoms with Crippen LogP contribution in [0.2, 0.25) is 0 Å². The second-order valence-corrected chi connectivity index (χ2v) is 7.60. The fourth-order valence-electron chi connectivity index (χ4n) is 2.48. The normalized spacial score (nSPS) is 17.2. The Balaban J connectivity index is 1.94. The number of halogens is 1. The number of benzene rings is 1. The summed E-state index contributed by atoms with van der Waals surface area (Å²) in [6.45, 7) is 7.43. The van der Waals surface area contributed by atoms with Gasteiger partial charge < -0.3 is 10.1 Å². The van der Waals surface area contributed by atoms with Crippen LogP contribution < -0.4 is 10.1 Å². The third kappa shape index (κ3) is 5.10. The summed E-state index contributed by atoms with van der Waals surface area (Å²) < 4.78 is 7.19. The molecule has 0 radical (unpaired) electrons. The average molecular weight is 340 g/mol. The van der Waals surface area contributed by atoms with Crippen LogP contribution in [-0.4, -0.2) is 11.6 Å². The van der Waals surface area contributed by atoms with Crippen molar-refractivity contribution in [2.45, 2.75) is 71.1 Å². The van der Waals surface area contributed by atoms with Crippen molar-refractivity contribution in [1.82, 2.24) is 5.32 Å². The van der Waals surface area contributed by atoms with E-state index in [1.54, 1.807) is 0 Å². The van der Waals surface area contributed by atoms with Gasteiger partial charge in [-0.25, -0.2) is 0 Å². The summed E-state index contributed by atoms with van der Waals surface area (Å²) in [7, 11) is 0. The Bertz CT molecular complexity index is 433. The van der Waals surface area contributed by atoms with Crippen LogP contribution in [-0.2, 0) is 6.54 Å². The highest BCUT2D eigenvalue weighted by atomic mass is 79.9. The van der Waals surface area contributed by atoms with Gasteiger partial charge >= 0.3 is 0 Å². The first-order chi connectivity index (χ1) is 9.44. The van der Waals surface area contributed by atoms with Gasteiger partial charge in [0.05, 0.1) is 10.6 Å². The molecule has 0 aliphatic heterocycles. The van der Waals surface area contributed by atoms with E-state index in [0.29, 0.717) is 6.10 Å². The zero-order valence-electron chi connectivity index (χ0n) is 12.8. The van der Waals surface area contributed by atoms with Gasteiger partial charge in [0.1, 0.15) is 5.75 Å². The molecule has 0 atom stereocenters. The molecule has 1 aliphatic carbocycles. The molecule has 112 valence electrons. The van der Waals surface area contributed by atoms with Gasteiger partial charge in [-0.3, -0.25) is 0 Å². The molecule has 1 N–H and O–H groups in total. The van der Waals surface area contributed by atoms with Crippen molar-refractivity contribution in [1.29, 1.82) is 0 Å². The molecule has 1 aliphatic rings. The minimum Gasteiger partial charge on any atom is -0.489 e. The van der Waals surface area contributed by atoms with Gasteiger partial charge in [0.15, 0.2) is 0 Å². The summed E-state index contributed by atoms with van der Waals surface area (Å²) in [5, 5.41) is 3.50. The van der Waals surface area contributed by atoms with Crippen molar-refractivity contribution in [2.75, 3.05) is 0 Å². The van der Waals surface area contributed by atoms with Crippen LogP contribution in [0.5, 0.6) is 5.75 Å². The Morgan fingerprint density at radius 1 is 1.20 bits per heavy atom. The highest BCUT2D eigenvalue weighted by Crippen LogP contribution is 2.30. The second-order valence-electron chi connectivity index (χ2n) is 6.75. The summed E-state index contributed by atoms with van der Waals surface area (Å²) in [4.78, 5) is 0. The lowest BCUT2D eigenvalue weighted by molar-refractivity contribution is 0.154. The predicted molar refractivity (Wildman–Crippen MR) is 88.2 cm³/mol. The number of nitrogens with one attached hydrogen (secondary N) is 1. The van der Waals surface area contributed by atoms with Gasteiger partial charge in [0.2, 0.25) is 0 Å². The first-order valence-electron chi connectivity index (χ1n) is 7.64. The van der Waals surface area contributed by atoms with Crippen molar-refractivity contribution in [3.05, 3.63) is 28.2 Å². The van der Waals surface area contributed by atoms with Crippen molar-refractivity contribution in [3.8, 4) is 5.75 Å². The van der Waals surface area contributed by atoms with Crippen molar-refractivity contribution in [2.24, 2.45) is 0 Å². The molecule has 1 fully saturated rings. The highest BCUT2D eigenvalue weighted by Gasteiger charge is 2.16. The molecule has 1 aromatic rings. The first-order valence-corrected chi connectivity index (χ1v) is 8.43. The maximum absolute atomic E-state index is 6.12. The summed E-state index contributed by atoms with van der Waals surface area (Å²) >= 11 is 3.64. The van der Waals surface area contributed by atoms with E-state index in [0.717, 1.165) is 16.8 Å². The molecule has 20 heavy (non-hydrogen) atoms. The summed E-state index contributed by atoms with van der Waals surface area (Å²) in [6, 6.07) is 6.41. The Kier molecular flexibility index (Phi) is 5.50. The fourth-order valence-corrected chi connectivity index (χ4v) is 3.00. The van der Waals surface area contributed by atoms with Gasteiger partial charge in [-0.05, 0) is 80.1 Å². The summed E-state index contributed by atoms with van der Waals surface area (Å²) in [6.07, 6.45) is 6.75. The van der Waals surface area contributed by atoms with E-state index in [9.17, 15) is 0 Å². The van der Waals surface area contributed by atoms with Crippen LogP contribution in [0.15, 0.2) is 22.7 Å². The van der Waals surface area contributed by atoms with Crippen LogP contribution in [0.1, 0.15) is 58.4 Å². The SMILES string of the molecule is CC(C)(C)NCc1ccc(OC2CCCCC2)c(Br)c1. The number of hydrogen-bond acceptors (Lipinski definition) is 2. The Morgan fingerprint density at radius 2 is 1.90 bits per heavy atom. The molecule has 0 spiro atoms. The zero-order valence-corrected chi connectivity index (χ0v) is 14.4. The quantitative estimate of drug-likeness (QED) is 0.828. The van der Waals surface area contributed by atoms with E-state index in [-0.39, 0.29) is 5.54 Å². The smallest absolute Gasteiger partial charge is 0.133 e. The minimum absolute atomic E-state index is 0.143.